The van der Waals surface area contributed by atoms with Gasteiger partial charge in [-0.3, -0.25) is 0 Å². The lowest BCUT2D eigenvalue weighted by molar-refractivity contribution is 0.408. The van der Waals surface area contributed by atoms with Gasteiger partial charge in [0, 0.05) is 0 Å². The summed E-state index contributed by atoms with van der Waals surface area (Å²) in [6, 6.07) is 5.76. The number of aromatic nitrogens is 4. The van der Waals surface area contributed by atoms with Gasteiger partial charge < -0.3 is 18.8 Å². The molecule has 0 unspecified atom stereocenters. The van der Waals surface area contributed by atoms with E-state index >= 15 is 0 Å². The quantitative estimate of drug-likeness (QED) is 0.732. The summed E-state index contributed by atoms with van der Waals surface area (Å²) in [6.45, 7) is 0.461. The van der Waals surface area contributed by atoms with Crippen LogP contribution < -0.4 is 4.74 Å². The van der Waals surface area contributed by atoms with Gasteiger partial charge in [-0.1, -0.05) is 11.2 Å². The van der Waals surface area contributed by atoms with E-state index in [1.807, 2.05) is 22.8 Å². The first-order valence-electron chi connectivity index (χ1n) is 5.30. The van der Waals surface area contributed by atoms with Crippen molar-refractivity contribution in [2.24, 2.45) is 0 Å². The van der Waals surface area contributed by atoms with E-state index < -0.39 is 0 Å². The van der Waals surface area contributed by atoms with Gasteiger partial charge in [-0.15, -0.1) is 0 Å². The van der Waals surface area contributed by atoms with E-state index in [9.17, 15) is 0 Å². The van der Waals surface area contributed by atoms with Gasteiger partial charge in [-0.2, -0.15) is 4.98 Å². The largest absolute Gasteiger partial charge is 0.494 e. The minimum absolute atomic E-state index is 0.461. The molecule has 0 aliphatic rings. The fourth-order valence-corrected chi connectivity index (χ4v) is 2.15. The molecule has 0 radical (unpaired) electrons. The molecule has 0 atom stereocenters. The van der Waals surface area contributed by atoms with Crippen LogP contribution in [0.4, 0.5) is 0 Å². The van der Waals surface area contributed by atoms with Gasteiger partial charge in [-0.25, -0.2) is 0 Å². The van der Waals surface area contributed by atoms with Gasteiger partial charge in [0.2, 0.25) is 6.39 Å². The SMILES string of the molecule is COc1cccc2c1[nH]c(=S)n2Cc1ncon1. The zero-order valence-corrected chi connectivity index (χ0v) is 10.4. The Bertz CT molecular complexity index is 729. The number of hydrogen-bond donors (Lipinski definition) is 1. The number of H-pyrrole nitrogens is 1. The highest BCUT2D eigenvalue weighted by molar-refractivity contribution is 7.71. The fourth-order valence-electron chi connectivity index (χ4n) is 1.88. The van der Waals surface area contributed by atoms with Crippen molar-refractivity contribution in [2.45, 2.75) is 6.54 Å². The Morgan fingerprint density at radius 1 is 1.50 bits per heavy atom. The Kier molecular flexibility index (Phi) is 2.60. The number of methoxy groups -OCH3 is 1. The number of ether oxygens (including phenoxy) is 1. The monoisotopic (exact) mass is 262 g/mol. The summed E-state index contributed by atoms with van der Waals surface area (Å²) in [4.78, 5) is 7.12. The molecule has 1 aromatic carbocycles. The van der Waals surface area contributed by atoms with Crippen molar-refractivity contribution in [1.29, 1.82) is 0 Å². The summed E-state index contributed by atoms with van der Waals surface area (Å²) in [6.07, 6.45) is 1.30. The Morgan fingerprint density at radius 2 is 2.39 bits per heavy atom. The highest BCUT2D eigenvalue weighted by Gasteiger charge is 2.10. The van der Waals surface area contributed by atoms with Gasteiger partial charge in [0.15, 0.2) is 10.6 Å². The van der Waals surface area contributed by atoms with Gasteiger partial charge >= 0.3 is 0 Å². The van der Waals surface area contributed by atoms with E-state index in [1.54, 1.807) is 7.11 Å². The van der Waals surface area contributed by atoms with E-state index in [1.165, 1.54) is 6.39 Å². The van der Waals surface area contributed by atoms with Crippen LogP contribution >= 0.6 is 12.2 Å². The first-order chi connectivity index (χ1) is 8.79. The van der Waals surface area contributed by atoms with Crippen LogP contribution in [0.1, 0.15) is 5.82 Å². The summed E-state index contributed by atoms with van der Waals surface area (Å²) < 4.78 is 12.5. The molecule has 6 nitrogen and oxygen atoms in total. The summed E-state index contributed by atoms with van der Waals surface area (Å²) in [5, 5.41) is 3.78. The van der Waals surface area contributed by atoms with Crippen LogP contribution in [0, 0.1) is 4.77 Å². The van der Waals surface area contributed by atoms with Crippen molar-refractivity contribution in [3.63, 3.8) is 0 Å². The molecule has 0 aliphatic carbocycles. The molecule has 0 saturated carbocycles. The van der Waals surface area contributed by atoms with Crippen molar-refractivity contribution in [2.75, 3.05) is 7.11 Å². The molecule has 0 fully saturated rings. The molecule has 3 aromatic rings. The van der Waals surface area contributed by atoms with Crippen LogP contribution in [0.2, 0.25) is 0 Å². The number of hydrogen-bond acceptors (Lipinski definition) is 5. The highest BCUT2D eigenvalue weighted by atomic mass is 32.1. The number of para-hydroxylation sites is 1. The number of rotatable bonds is 3. The van der Waals surface area contributed by atoms with Gasteiger partial charge in [-0.05, 0) is 24.4 Å². The molecule has 0 saturated heterocycles. The highest BCUT2D eigenvalue weighted by Crippen LogP contribution is 2.24. The summed E-state index contributed by atoms with van der Waals surface area (Å²) >= 11 is 5.30. The number of fused-ring (bicyclic) bond motifs is 1. The lowest BCUT2D eigenvalue weighted by atomic mass is 10.3. The van der Waals surface area contributed by atoms with E-state index in [0.717, 1.165) is 16.8 Å². The molecule has 0 spiro atoms. The maximum absolute atomic E-state index is 5.30. The maximum Gasteiger partial charge on any atom is 0.213 e. The first kappa shape index (κ1) is 11.0. The van der Waals surface area contributed by atoms with Crippen LogP contribution in [0.5, 0.6) is 5.75 Å². The topological polar surface area (TPSA) is 68.9 Å². The minimum Gasteiger partial charge on any atom is -0.494 e. The average Bonchev–Trinajstić information content (AvgIpc) is 2.99. The molecule has 2 aromatic heterocycles. The lowest BCUT2D eigenvalue weighted by Crippen LogP contribution is -2.01. The minimum atomic E-state index is 0.461. The van der Waals surface area contributed by atoms with Crippen LogP contribution in [0.15, 0.2) is 29.1 Å². The van der Waals surface area contributed by atoms with E-state index in [-0.39, 0.29) is 0 Å². The molecule has 3 rings (SSSR count). The summed E-state index contributed by atoms with van der Waals surface area (Å²) in [5.74, 6) is 1.33. The first-order valence-corrected chi connectivity index (χ1v) is 5.71. The second-order valence-corrected chi connectivity index (χ2v) is 4.10. The molecule has 0 bridgehead atoms. The van der Waals surface area contributed by atoms with E-state index in [2.05, 4.69) is 15.1 Å². The molecular formula is C11H10N4O2S. The Hall–Kier alpha value is -2.15. The van der Waals surface area contributed by atoms with Gasteiger partial charge in [0.05, 0.1) is 19.2 Å². The second-order valence-electron chi connectivity index (χ2n) is 3.72. The van der Waals surface area contributed by atoms with Crippen molar-refractivity contribution in [3.05, 3.63) is 35.2 Å². The van der Waals surface area contributed by atoms with Crippen LogP contribution in [0.3, 0.4) is 0 Å². The molecule has 1 N–H and O–H groups in total. The summed E-state index contributed by atoms with van der Waals surface area (Å²) in [5.41, 5.74) is 1.82. The molecule has 0 amide bonds. The molecule has 18 heavy (non-hydrogen) atoms. The Morgan fingerprint density at radius 3 is 3.11 bits per heavy atom. The van der Waals surface area contributed by atoms with Crippen molar-refractivity contribution in [3.8, 4) is 5.75 Å². The van der Waals surface area contributed by atoms with Gasteiger partial charge in [0.1, 0.15) is 11.3 Å². The van der Waals surface area contributed by atoms with E-state index in [4.69, 9.17) is 21.5 Å². The second kappa shape index (κ2) is 4.26. The third-order valence-corrected chi connectivity index (χ3v) is 3.02. The third kappa shape index (κ3) is 1.68. The normalized spacial score (nSPS) is 10.9. The average molecular weight is 262 g/mol. The van der Waals surface area contributed by atoms with E-state index in [0.29, 0.717) is 17.1 Å². The number of nitrogens with zero attached hydrogens (tertiary/aromatic N) is 3. The zero-order valence-electron chi connectivity index (χ0n) is 9.58. The Labute approximate surface area is 107 Å². The molecule has 2 heterocycles. The van der Waals surface area contributed by atoms with Gasteiger partial charge in [0.25, 0.3) is 0 Å². The van der Waals surface area contributed by atoms with Crippen LogP contribution in [-0.4, -0.2) is 26.8 Å². The smallest absolute Gasteiger partial charge is 0.213 e. The van der Waals surface area contributed by atoms with Crippen LogP contribution in [-0.2, 0) is 6.54 Å². The maximum atomic E-state index is 5.30. The number of aromatic amines is 1. The number of imidazole rings is 1. The van der Waals surface area contributed by atoms with Crippen molar-refractivity contribution < 1.29 is 9.26 Å². The summed E-state index contributed by atoms with van der Waals surface area (Å²) in [7, 11) is 1.63. The Balaban J connectivity index is 2.17. The standard InChI is InChI=1S/C11H10N4O2S/c1-16-8-4-2-3-7-10(8)13-11(18)15(7)5-9-12-6-17-14-9/h2-4,6H,5H2,1H3,(H,13,18). The third-order valence-electron chi connectivity index (χ3n) is 2.70. The molecule has 92 valence electrons. The number of benzene rings is 1. The van der Waals surface area contributed by atoms with Crippen molar-refractivity contribution in [1.82, 2.24) is 19.7 Å². The lowest BCUT2D eigenvalue weighted by Gasteiger charge is -2.02. The van der Waals surface area contributed by atoms with Crippen molar-refractivity contribution >= 4 is 23.3 Å². The fraction of sp³-hybridized carbons (Fsp3) is 0.182. The predicted octanol–water partition coefficient (Wildman–Crippen LogP) is 2.14. The van der Waals surface area contributed by atoms with Crippen LogP contribution in [0.25, 0.3) is 11.0 Å². The zero-order chi connectivity index (χ0) is 12.5. The molecule has 7 heteroatoms. The predicted molar refractivity (Wildman–Crippen MR) is 67.1 cm³/mol. The molecular weight excluding hydrogens is 252 g/mol. The number of nitrogens with one attached hydrogen (secondary N) is 1. The molecule has 0 aliphatic heterocycles.